The summed E-state index contributed by atoms with van der Waals surface area (Å²) in [5.41, 5.74) is 4.25. The predicted octanol–water partition coefficient (Wildman–Crippen LogP) is 6.49. The summed E-state index contributed by atoms with van der Waals surface area (Å²) in [6.07, 6.45) is 1.08. The van der Waals surface area contributed by atoms with Gasteiger partial charge in [-0.2, -0.15) is 0 Å². The zero-order chi connectivity index (χ0) is 27.0. The predicted molar refractivity (Wildman–Crippen MR) is 153 cm³/mol. The van der Waals surface area contributed by atoms with Crippen LogP contribution in [-0.2, 0) is 16.1 Å². The number of hydrogen-bond acceptors (Lipinski definition) is 3. The number of piperidine rings is 1. The molecule has 0 saturated carbocycles. The minimum atomic E-state index is -0.684. The van der Waals surface area contributed by atoms with Crippen molar-refractivity contribution < 1.29 is 13.9 Å². The Morgan fingerprint density at radius 3 is 1.90 bits per heavy atom. The van der Waals surface area contributed by atoms with E-state index in [0.717, 1.165) is 24.0 Å². The topological polar surface area (TPSA) is 41.6 Å². The van der Waals surface area contributed by atoms with E-state index in [4.69, 9.17) is 4.74 Å². The van der Waals surface area contributed by atoms with Crippen molar-refractivity contribution in [2.75, 3.05) is 13.7 Å². The zero-order valence-electron chi connectivity index (χ0n) is 22.2. The summed E-state index contributed by atoms with van der Waals surface area (Å²) in [5, 5.41) is 3.62. The lowest BCUT2D eigenvalue weighted by molar-refractivity contribution is -0.147. The van der Waals surface area contributed by atoms with Crippen LogP contribution < -0.4 is 5.32 Å². The first-order valence-electron chi connectivity index (χ1n) is 13.6. The molecule has 1 saturated heterocycles. The molecular weight excluding hydrogens is 487 g/mol. The van der Waals surface area contributed by atoms with Gasteiger partial charge in [0.05, 0.1) is 0 Å². The van der Waals surface area contributed by atoms with Gasteiger partial charge in [0.15, 0.2) is 6.10 Å². The molecule has 39 heavy (non-hydrogen) atoms. The van der Waals surface area contributed by atoms with Gasteiger partial charge >= 0.3 is 0 Å². The fourth-order valence-corrected chi connectivity index (χ4v) is 5.74. The van der Waals surface area contributed by atoms with Gasteiger partial charge in [-0.1, -0.05) is 103 Å². The minimum absolute atomic E-state index is 0.0288. The van der Waals surface area contributed by atoms with Gasteiger partial charge in [-0.25, -0.2) is 4.39 Å². The second-order valence-electron chi connectivity index (χ2n) is 10.2. The number of nitrogens with one attached hydrogen (secondary N) is 1. The number of nitrogens with zero attached hydrogens (tertiary/aromatic N) is 1. The molecule has 0 radical (unpaired) electrons. The Morgan fingerprint density at radius 2 is 1.36 bits per heavy atom. The van der Waals surface area contributed by atoms with Crippen LogP contribution in [-0.4, -0.2) is 36.5 Å². The van der Waals surface area contributed by atoms with E-state index >= 15 is 0 Å². The normalized spacial score (nSPS) is 18.2. The monoisotopic (exact) mass is 522 g/mol. The van der Waals surface area contributed by atoms with E-state index in [1.165, 1.54) is 23.3 Å². The molecule has 1 fully saturated rings. The molecule has 200 valence electrons. The third-order valence-corrected chi connectivity index (χ3v) is 7.68. The molecule has 1 aliphatic heterocycles. The van der Waals surface area contributed by atoms with E-state index in [1.54, 1.807) is 19.2 Å². The molecule has 0 spiro atoms. The van der Waals surface area contributed by atoms with Crippen LogP contribution >= 0.6 is 0 Å². The number of halogens is 1. The number of likely N-dealkylation sites (tertiary alicyclic amines) is 1. The molecule has 4 aromatic carbocycles. The smallest absolute Gasteiger partial charge is 0.256 e. The van der Waals surface area contributed by atoms with Crippen LogP contribution in [0.15, 0.2) is 115 Å². The molecule has 5 rings (SSSR count). The quantitative estimate of drug-likeness (QED) is 0.273. The first-order valence-corrected chi connectivity index (χ1v) is 13.6. The van der Waals surface area contributed by atoms with Gasteiger partial charge in [-0.05, 0) is 47.2 Å². The highest BCUT2D eigenvalue weighted by Crippen LogP contribution is 2.37. The van der Waals surface area contributed by atoms with E-state index in [2.05, 4.69) is 53.8 Å². The Kier molecular flexibility index (Phi) is 8.82. The van der Waals surface area contributed by atoms with Crippen molar-refractivity contribution in [3.05, 3.63) is 143 Å². The zero-order valence-corrected chi connectivity index (χ0v) is 22.2. The molecule has 1 N–H and O–H groups in total. The average molecular weight is 523 g/mol. The maximum atomic E-state index is 14.3. The van der Waals surface area contributed by atoms with Crippen molar-refractivity contribution in [1.82, 2.24) is 10.2 Å². The highest BCUT2D eigenvalue weighted by molar-refractivity contribution is 5.83. The first kappa shape index (κ1) is 26.8. The lowest BCUT2D eigenvalue weighted by Gasteiger charge is -2.45. The van der Waals surface area contributed by atoms with E-state index in [1.807, 2.05) is 47.4 Å². The van der Waals surface area contributed by atoms with Gasteiger partial charge < -0.3 is 15.0 Å². The lowest BCUT2D eigenvalue weighted by Crippen LogP contribution is -2.55. The van der Waals surface area contributed by atoms with Crippen molar-refractivity contribution >= 4 is 5.91 Å². The largest absolute Gasteiger partial charge is 0.367 e. The van der Waals surface area contributed by atoms with Crippen LogP contribution in [0, 0.1) is 5.82 Å². The van der Waals surface area contributed by atoms with Crippen molar-refractivity contribution in [3.8, 4) is 0 Å². The van der Waals surface area contributed by atoms with Crippen molar-refractivity contribution in [3.63, 3.8) is 0 Å². The molecule has 0 unspecified atom stereocenters. The molecule has 1 heterocycles. The molecule has 0 bridgehead atoms. The molecule has 0 aromatic heterocycles. The maximum Gasteiger partial charge on any atom is 0.256 e. The Hall–Kier alpha value is -3.80. The number of rotatable bonds is 9. The number of hydrogen-bond donors (Lipinski definition) is 1. The summed E-state index contributed by atoms with van der Waals surface area (Å²) in [6, 6.07) is 37.3. The summed E-state index contributed by atoms with van der Waals surface area (Å²) in [4.78, 5) is 16.3. The highest BCUT2D eigenvalue weighted by Gasteiger charge is 2.40. The summed E-state index contributed by atoms with van der Waals surface area (Å²) in [6.45, 7) is 1.18. The Morgan fingerprint density at radius 1 is 0.821 bits per heavy atom. The Bertz CT molecular complexity index is 1280. The van der Waals surface area contributed by atoms with Gasteiger partial charge in [-0.3, -0.25) is 4.79 Å². The van der Waals surface area contributed by atoms with Gasteiger partial charge in [0.25, 0.3) is 5.91 Å². The van der Waals surface area contributed by atoms with E-state index < -0.39 is 6.10 Å². The SMILES string of the molecule is CO[C@@H](C(=O)N1C[C@H](NCc2ccc(F)cc2)CC[C@@H]1C(c1ccccc1)c1ccccc1)c1ccccc1. The van der Waals surface area contributed by atoms with Gasteiger partial charge in [0, 0.05) is 38.2 Å². The van der Waals surface area contributed by atoms with Crippen molar-refractivity contribution in [2.45, 2.75) is 43.5 Å². The molecule has 4 aromatic rings. The van der Waals surface area contributed by atoms with Crippen LogP contribution in [0.2, 0.25) is 0 Å². The lowest BCUT2D eigenvalue weighted by atomic mass is 9.79. The number of methoxy groups -OCH3 is 1. The van der Waals surface area contributed by atoms with E-state index in [-0.39, 0.29) is 29.7 Å². The third kappa shape index (κ3) is 6.44. The van der Waals surface area contributed by atoms with Gasteiger partial charge in [0.2, 0.25) is 0 Å². The minimum Gasteiger partial charge on any atom is -0.367 e. The molecule has 4 nitrogen and oxygen atoms in total. The second-order valence-corrected chi connectivity index (χ2v) is 10.2. The van der Waals surface area contributed by atoms with Crippen molar-refractivity contribution in [2.24, 2.45) is 0 Å². The maximum absolute atomic E-state index is 14.3. The Labute approximate surface area is 230 Å². The summed E-state index contributed by atoms with van der Waals surface area (Å²) in [5.74, 6) is -0.239. The number of amides is 1. The number of carbonyl (C=O) groups is 1. The Balaban J connectivity index is 1.47. The fraction of sp³-hybridized carbons (Fsp3) is 0.265. The third-order valence-electron chi connectivity index (χ3n) is 7.68. The fourth-order valence-electron chi connectivity index (χ4n) is 5.74. The number of ether oxygens (including phenoxy) is 1. The first-order chi connectivity index (χ1) is 19.1. The average Bonchev–Trinajstić information content (AvgIpc) is 2.99. The summed E-state index contributed by atoms with van der Waals surface area (Å²) in [7, 11) is 1.60. The highest BCUT2D eigenvalue weighted by atomic mass is 19.1. The summed E-state index contributed by atoms with van der Waals surface area (Å²) < 4.78 is 19.2. The van der Waals surface area contributed by atoms with E-state index in [9.17, 15) is 9.18 Å². The van der Waals surface area contributed by atoms with Crippen LogP contribution in [0.25, 0.3) is 0 Å². The molecule has 3 atom stereocenters. The molecule has 0 aliphatic carbocycles. The molecule has 1 aliphatic rings. The van der Waals surface area contributed by atoms with Crippen LogP contribution in [0.1, 0.15) is 47.1 Å². The van der Waals surface area contributed by atoms with Gasteiger partial charge in [-0.15, -0.1) is 0 Å². The molecule has 5 heteroatoms. The second kappa shape index (κ2) is 12.8. The van der Waals surface area contributed by atoms with Gasteiger partial charge in [0.1, 0.15) is 5.82 Å². The van der Waals surface area contributed by atoms with Crippen LogP contribution in [0.3, 0.4) is 0 Å². The van der Waals surface area contributed by atoms with Crippen LogP contribution in [0.5, 0.6) is 0 Å². The molecular formula is C34H35FN2O2. The standard InChI is InChI=1S/C34H35FN2O2/c1-39-33(28-15-9-4-10-16-28)34(38)37-24-30(36-23-25-17-19-29(35)20-18-25)21-22-31(37)32(26-11-5-2-6-12-26)27-13-7-3-8-14-27/h2-20,30-33,36H,21-24H2,1H3/t30-,31-,33-/m1/s1. The molecule has 1 amide bonds. The number of carbonyl (C=O) groups excluding carboxylic acids is 1. The summed E-state index contributed by atoms with van der Waals surface area (Å²) >= 11 is 0. The number of benzene rings is 4. The van der Waals surface area contributed by atoms with Crippen LogP contribution in [0.4, 0.5) is 4.39 Å². The van der Waals surface area contributed by atoms with Crippen molar-refractivity contribution in [1.29, 1.82) is 0 Å². The van der Waals surface area contributed by atoms with E-state index in [0.29, 0.717) is 13.1 Å².